The van der Waals surface area contributed by atoms with E-state index >= 15 is 0 Å². The van der Waals surface area contributed by atoms with Crippen LogP contribution in [0.3, 0.4) is 0 Å². The molecule has 4 heterocycles. The molecule has 0 bridgehead atoms. The summed E-state index contributed by atoms with van der Waals surface area (Å²) in [5.41, 5.74) is 2.96. The Morgan fingerprint density at radius 1 is 1.10 bits per heavy atom. The largest absolute Gasteiger partial charge is 0.454 e. The number of hydrogen-bond acceptors (Lipinski definition) is 7. The zero-order chi connectivity index (χ0) is 20.8. The van der Waals surface area contributed by atoms with Gasteiger partial charge < -0.3 is 25.0 Å². The van der Waals surface area contributed by atoms with Crippen LogP contribution >= 0.6 is 0 Å². The Bertz CT molecular complexity index is 1060. The highest BCUT2D eigenvalue weighted by molar-refractivity contribution is 6.06. The number of benzene rings is 2. The number of rotatable bonds is 3. The molecular weight excluding hydrogens is 394 g/mol. The van der Waals surface area contributed by atoms with E-state index in [-0.39, 0.29) is 18.4 Å². The van der Waals surface area contributed by atoms with E-state index in [1.807, 2.05) is 18.2 Å². The molecule has 1 saturated heterocycles. The molecule has 4 aliphatic rings. The molecule has 2 aromatic carbocycles. The highest BCUT2D eigenvalue weighted by Gasteiger charge is 2.46. The molecular formula is C23H25N5O3. The van der Waals surface area contributed by atoms with Gasteiger partial charge in [-0.2, -0.15) is 0 Å². The first-order chi connectivity index (χ1) is 15.2. The first kappa shape index (κ1) is 18.5. The third-order valence-corrected chi connectivity index (χ3v) is 6.60. The van der Waals surface area contributed by atoms with E-state index in [0.717, 1.165) is 56.2 Å². The SMILES string of the molecule is O=C(CN1CCC2(CC1)Nc1ccccc1C1=NCCN12)Nc1ccc2c(c1)OCO2. The summed E-state index contributed by atoms with van der Waals surface area (Å²) in [6.45, 7) is 4.10. The molecule has 160 valence electrons. The van der Waals surface area contributed by atoms with Crippen LogP contribution < -0.4 is 20.1 Å². The second-order valence-electron chi connectivity index (χ2n) is 8.45. The Morgan fingerprint density at radius 2 is 1.94 bits per heavy atom. The molecule has 31 heavy (non-hydrogen) atoms. The van der Waals surface area contributed by atoms with Gasteiger partial charge in [0.15, 0.2) is 11.5 Å². The Balaban J connectivity index is 1.10. The molecule has 2 aromatic rings. The van der Waals surface area contributed by atoms with Crippen LogP contribution in [0.2, 0.25) is 0 Å². The van der Waals surface area contributed by atoms with Gasteiger partial charge in [0, 0.05) is 55.5 Å². The zero-order valence-electron chi connectivity index (χ0n) is 17.3. The lowest BCUT2D eigenvalue weighted by molar-refractivity contribution is -0.117. The summed E-state index contributed by atoms with van der Waals surface area (Å²) in [4.78, 5) is 22.1. The summed E-state index contributed by atoms with van der Waals surface area (Å²) in [5, 5.41) is 6.79. The predicted octanol–water partition coefficient (Wildman–Crippen LogP) is 2.33. The molecule has 0 aromatic heterocycles. The number of amidine groups is 1. The summed E-state index contributed by atoms with van der Waals surface area (Å²) in [6.07, 6.45) is 1.88. The number of piperidine rings is 1. The molecule has 4 aliphatic heterocycles. The molecule has 6 rings (SSSR count). The number of ether oxygens (including phenoxy) is 2. The van der Waals surface area contributed by atoms with Crippen molar-refractivity contribution in [1.29, 1.82) is 0 Å². The normalized spacial score (nSPS) is 20.6. The van der Waals surface area contributed by atoms with Gasteiger partial charge in [0.25, 0.3) is 0 Å². The number of hydrogen-bond donors (Lipinski definition) is 2. The quantitative estimate of drug-likeness (QED) is 0.795. The lowest BCUT2D eigenvalue weighted by Gasteiger charge is -2.52. The molecule has 8 nitrogen and oxygen atoms in total. The average molecular weight is 419 g/mol. The van der Waals surface area contributed by atoms with Gasteiger partial charge >= 0.3 is 0 Å². The molecule has 0 aliphatic carbocycles. The number of nitrogens with one attached hydrogen (secondary N) is 2. The van der Waals surface area contributed by atoms with E-state index in [1.165, 1.54) is 5.56 Å². The van der Waals surface area contributed by atoms with E-state index in [0.29, 0.717) is 18.0 Å². The van der Waals surface area contributed by atoms with Crippen LogP contribution in [0.25, 0.3) is 0 Å². The van der Waals surface area contributed by atoms with E-state index < -0.39 is 0 Å². The van der Waals surface area contributed by atoms with Crippen LogP contribution in [-0.2, 0) is 4.79 Å². The first-order valence-corrected chi connectivity index (χ1v) is 10.8. The van der Waals surface area contributed by atoms with Gasteiger partial charge in [0.2, 0.25) is 12.7 Å². The maximum Gasteiger partial charge on any atom is 0.238 e. The molecule has 0 saturated carbocycles. The van der Waals surface area contributed by atoms with Crippen LogP contribution in [-0.4, -0.2) is 66.7 Å². The standard InChI is InChI=1S/C23H25N5O3/c29-21(25-16-5-6-19-20(13-16)31-15-30-19)14-27-10-7-23(8-11-27)26-18-4-2-1-3-17(18)22-24-9-12-28(22)23/h1-6,13,26H,7-12,14-15H2,(H,25,29). The lowest BCUT2D eigenvalue weighted by atomic mass is 9.90. The monoisotopic (exact) mass is 419 g/mol. The molecule has 1 amide bonds. The second-order valence-corrected chi connectivity index (χ2v) is 8.45. The van der Waals surface area contributed by atoms with E-state index in [1.54, 1.807) is 0 Å². The van der Waals surface area contributed by atoms with Gasteiger partial charge in [-0.05, 0) is 24.3 Å². The topological polar surface area (TPSA) is 78.4 Å². The minimum atomic E-state index is -0.117. The number of likely N-dealkylation sites (tertiary alicyclic amines) is 1. The third kappa shape index (κ3) is 3.18. The molecule has 8 heteroatoms. The first-order valence-electron chi connectivity index (χ1n) is 10.8. The Hall–Kier alpha value is -3.26. The fourth-order valence-electron chi connectivity index (χ4n) is 5.05. The van der Waals surface area contributed by atoms with Crippen molar-refractivity contribution in [3.63, 3.8) is 0 Å². The van der Waals surface area contributed by atoms with Crippen molar-refractivity contribution in [3.8, 4) is 11.5 Å². The number of carbonyl (C=O) groups excluding carboxylic acids is 1. The van der Waals surface area contributed by atoms with E-state index in [4.69, 9.17) is 14.5 Å². The summed E-state index contributed by atoms with van der Waals surface area (Å²) < 4.78 is 10.7. The van der Waals surface area contributed by atoms with Crippen LogP contribution in [0.15, 0.2) is 47.5 Å². The van der Waals surface area contributed by atoms with E-state index in [2.05, 4.69) is 44.7 Å². The van der Waals surface area contributed by atoms with Gasteiger partial charge in [-0.1, -0.05) is 12.1 Å². The van der Waals surface area contributed by atoms with Gasteiger partial charge in [0.05, 0.1) is 13.1 Å². The molecule has 0 atom stereocenters. The van der Waals surface area contributed by atoms with Crippen LogP contribution in [0.1, 0.15) is 18.4 Å². The van der Waals surface area contributed by atoms with Gasteiger partial charge in [0.1, 0.15) is 11.5 Å². The van der Waals surface area contributed by atoms with Crippen molar-refractivity contribution in [2.45, 2.75) is 18.5 Å². The molecule has 1 spiro atoms. The van der Waals surface area contributed by atoms with Crippen molar-refractivity contribution in [1.82, 2.24) is 9.80 Å². The van der Waals surface area contributed by atoms with Crippen LogP contribution in [0.5, 0.6) is 11.5 Å². The number of aliphatic imine (C=N–C) groups is 1. The summed E-state index contributed by atoms with van der Waals surface area (Å²) >= 11 is 0. The van der Waals surface area contributed by atoms with Crippen LogP contribution in [0, 0.1) is 0 Å². The van der Waals surface area contributed by atoms with Crippen molar-refractivity contribution >= 4 is 23.1 Å². The Kier molecular flexibility index (Phi) is 4.27. The number of fused-ring (bicyclic) bond motifs is 5. The number of nitrogens with zero attached hydrogens (tertiary/aromatic N) is 3. The molecule has 2 N–H and O–H groups in total. The van der Waals surface area contributed by atoms with Crippen molar-refractivity contribution in [3.05, 3.63) is 48.0 Å². The molecule has 1 fully saturated rings. The second kappa shape index (κ2) is 7.16. The van der Waals surface area contributed by atoms with Gasteiger partial charge in [-0.25, -0.2) is 0 Å². The number of anilines is 2. The number of amides is 1. The number of para-hydroxylation sites is 1. The molecule has 0 unspecified atom stereocenters. The van der Waals surface area contributed by atoms with Gasteiger partial charge in [-0.3, -0.25) is 14.7 Å². The minimum Gasteiger partial charge on any atom is -0.454 e. The van der Waals surface area contributed by atoms with Crippen molar-refractivity contribution < 1.29 is 14.3 Å². The van der Waals surface area contributed by atoms with Crippen LogP contribution in [0.4, 0.5) is 11.4 Å². The third-order valence-electron chi connectivity index (χ3n) is 6.60. The number of carbonyl (C=O) groups is 1. The Labute approximate surface area is 180 Å². The highest BCUT2D eigenvalue weighted by atomic mass is 16.7. The van der Waals surface area contributed by atoms with E-state index in [9.17, 15) is 4.79 Å². The Morgan fingerprint density at radius 3 is 2.84 bits per heavy atom. The fourth-order valence-corrected chi connectivity index (χ4v) is 5.05. The summed E-state index contributed by atoms with van der Waals surface area (Å²) in [6, 6.07) is 13.9. The predicted molar refractivity (Wildman–Crippen MR) is 118 cm³/mol. The maximum absolute atomic E-state index is 12.6. The summed E-state index contributed by atoms with van der Waals surface area (Å²) in [7, 11) is 0. The maximum atomic E-state index is 12.6. The fraction of sp³-hybridized carbons (Fsp3) is 0.391. The van der Waals surface area contributed by atoms with Crippen molar-refractivity contribution in [2.75, 3.05) is 50.2 Å². The zero-order valence-corrected chi connectivity index (χ0v) is 17.3. The lowest BCUT2D eigenvalue weighted by Crippen LogP contribution is -2.63. The average Bonchev–Trinajstić information content (AvgIpc) is 3.45. The minimum absolute atomic E-state index is 0.0137. The molecule has 0 radical (unpaired) electrons. The highest BCUT2D eigenvalue weighted by Crippen LogP contribution is 2.39. The van der Waals surface area contributed by atoms with Crippen molar-refractivity contribution in [2.24, 2.45) is 4.99 Å². The summed E-state index contributed by atoms with van der Waals surface area (Å²) in [5.74, 6) is 2.48. The van der Waals surface area contributed by atoms with Gasteiger partial charge in [-0.15, -0.1) is 0 Å². The smallest absolute Gasteiger partial charge is 0.238 e.